The number of benzene rings is 2. The summed E-state index contributed by atoms with van der Waals surface area (Å²) in [6, 6.07) is 15.0. The van der Waals surface area contributed by atoms with E-state index in [1.54, 1.807) is 0 Å². The summed E-state index contributed by atoms with van der Waals surface area (Å²) >= 11 is 0. The van der Waals surface area contributed by atoms with Crippen LogP contribution in [-0.2, 0) is 16.0 Å². The number of amides is 4. The second kappa shape index (κ2) is 8.50. The molecule has 2 N–H and O–H groups in total. The van der Waals surface area contributed by atoms with Gasteiger partial charge in [-0.1, -0.05) is 60.7 Å². The molecule has 33 heavy (non-hydrogen) atoms. The highest BCUT2D eigenvalue weighted by Crippen LogP contribution is 2.50. The Morgan fingerprint density at radius 2 is 1.48 bits per heavy atom. The van der Waals surface area contributed by atoms with Gasteiger partial charge in [0, 0.05) is 12.1 Å². The average molecular weight is 444 g/mol. The van der Waals surface area contributed by atoms with Gasteiger partial charge in [0.05, 0.1) is 11.8 Å². The number of carbonyl (C=O) groups excluding carboxylic acids is 3. The molecule has 1 aliphatic heterocycles. The molecule has 0 aromatic heterocycles. The number of allylic oxidation sites excluding steroid dienone is 2. The molecule has 0 spiro atoms. The van der Waals surface area contributed by atoms with E-state index in [1.807, 2.05) is 62.4 Å². The molecular formula is C27H29N3O3. The van der Waals surface area contributed by atoms with E-state index in [9.17, 15) is 14.4 Å². The van der Waals surface area contributed by atoms with Crippen molar-refractivity contribution >= 4 is 23.5 Å². The Hall–Kier alpha value is -3.41. The lowest BCUT2D eigenvalue weighted by Gasteiger charge is -2.38. The van der Waals surface area contributed by atoms with Crippen molar-refractivity contribution in [2.45, 2.75) is 39.3 Å². The summed E-state index contributed by atoms with van der Waals surface area (Å²) in [5.74, 6) is -0.690. The van der Waals surface area contributed by atoms with Crippen LogP contribution in [0.5, 0.6) is 0 Å². The zero-order chi connectivity index (χ0) is 23.1. The van der Waals surface area contributed by atoms with Gasteiger partial charge in [-0.25, -0.2) is 4.79 Å². The first-order chi connectivity index (χ1) is 15.9. The van der Waals surface area contributed by atoms with Gasteiger partial charge in [-0.3, -0.25) is 14.5 Å². The molecule has 4 amide bonds. The second-order valence-corrected chi connectivity index (χ2v) is 9.46. The van der Waals surface area contributed by atoms with Gasteiger partial charge < -0.3 is 10.6 Å². The Balaban J connectivity index is 1.42. The molecule has 2 aromatic carbocycles. The third-order valence-corrected chi connectivity index (χ3v) is 7.39. The fraction of sp³-hybridized carbons (Fsp3) is 0.370. The lowest BCUT2D eigenvalue weighted by Crippen LogP contribution is -2.53. The lowest BCUT2D eigenvalue weighted by molar-refractivity contribution is -0.143. The summed E-state index contributed by atoms with van der Waals surface area (Å²) in [5, 5.41) is 5.87. The molecular weight excluding hydrogens is 414 g/mol. The van der Waals surface area contributed by atoms with Crippen LogP contribution in [-0.4, -0.2) is 28.9 Å². The number of nitrogens with zero attached hydrogens (tertiary/aromatic N) is 1. The van der Waals surface area contributed by atoms with Crippen LogP contribution in [0.25, 0.3) is 0 Å². The number of aryl methyl sites for hydroxylation is 2. The summed E-state index contributed by atoms with van der Waals surface area (Å²) in [7, 11) is 0. The molecule has 170 valence electrons. The van der Waals surface area contributed by atoms with Crippen LogP contribution >= 0.6 is 0 Å². The van der Waals surface area contributed by atoms with Crippen molar-refractivity contribution < 1.29 is 14.4 Å². The third kappa shape index (κ3) is 3.84. The fourth-order valence-corrected chi connectivity index (χ4v) is 5.76. The summed E-state index contributed by atoms with van der Waals surface area (Å²) in [5.41, 5.74) is 3.59. The Morgan fingerprint density at radius 3 is 2.03 bits per heavy atom. The minimum absolute atomic E-state index is 0.113. The molecule has 3 aliphatic carbocycles. The molecule has 1 heterocycles. The maximum absolute atomic E-state index is 13.5. The Morgan fingerprint density at radius 1 is 0.909 bits per heavy atom. The van der Waals surface area contributed by atoms with E-state index in [1.165, 1.54) is 4.90 Å². The number of nitrogens with one attached hydrogen (secondary N) is 2. The minimum Gasteiger partial charge on any atom is -0.317 e. The molecule has 0 radical (unpaired) electrons. The van der Waals surface area contributed by atoms with Crippen LogP contribution in [0, 0.1) is 37.5 Å². The van der Waals surface area contributed by atoms with Gasteiger partial charge in [-0.15, -0.1) is 0 Å². The topological polar surface area (TPSA) is 78.5 Å². The number of para-hydroxylation sites is 1. The molecule has 6 rings (SSSR count). The number of imide groups is 1. The first-order valence-corrected chi connectivity index (χ1v) is 11.7. The van der Waals surface area contributed by atoms with E-state index in [2.05, 4.69) is 22.8 Å². The van der Waals surface area contributed by atoms with Crippen molar-refractivity contribution in [3.63, 3.8) is 0 Å². The van der Waals surface area contributed by atoms with E-state index in [4.69, 9.17) is 0 Å². The molecule has 2 aromatic rings. The van der Waals surface area contributed by atoms with Crippen molar-refractivity contribution in [3.05, 3.63) is 77.4 Å². The number of carbonyl (C=O) groups is 3. The second-order valence-electron chi connectivity index (χ2n) is 9.46. The van der Waals surface area contributed by atoms with Gasteiger partial charge in [0.2, 0.25) is 11.8 Å². The average Bonchev–Trinajstić information content (AvgIpc) is 3.10. The first-order valence-electron chi connectivity index (χ1n) is 11.7. The maximum atomic E-state index is 13.5. The largest absolute Gasteiger partial charge is 0.320 e. The van der Waals surface area contributed by atoms with Crippen LogP contribution in [0.1, 0.15) is 29.5 Å². The number of anilines is 1. The molecule has 2 bridgehead atoms. The van der Waals surface area contributed by atoms with E-state index in [-0.39, 0.29) is 35.5 Å². The third-order valence-electron chi connectivity index (χ3n) is 7.39. The Kier molecular flexibility index (Phi) is 5.52. The SMILES string of the molecule is Cc1cccc(C)c1NC(=O)NC(Cc1ccccc1)N1C(=O)C2C3C=CC(CC3)C2C1=O. The molecule has 1 saturated heterocycles. The number of likely N-dealkylation sites (tertiary alicyclic amines) is 1. The van der Waals surface area contributed by atoms with Crippen LogP contribution in [0.3, 0.4) is 0 Å². The first kappa shape index (κ1) is 21.4. The van der Waals surface area contributed by atoms with Crippen molar-refractivity contribution in [2.24, 2.45) is 23.7 Å². The van der Waals surface area contributed by atoms with E-state index in [0.29, 0.717) is 6.42 Å². The molecule has 5 unspecified atom stereocenters. The normalized spacial score (nSPS) is 26.3. The summed E-state index contributed by atoms with van der Waals surface area (Å²) in [4.78, 5) is 41.4. The van der Waals surface area contributed by atoms with Gasteiger partial charge in [0.1, 0.15) is 6.17 Å². The number of rotatable bonds is 5. The Labute approximate surface area is 194 Å². The predicted molar refractivity (Wildman–Crippen MR) is 126 cm³/mol. The predicted octanol–water partition coefficient (Wildman–Crippen LogP) is 4.19. The molecule has 4 aliphatic rings. The fourth-order valence-electron chi connectivity index (χ4n) is 5.76. The molecule has 2 fully saturated rings. The minimum atomic E-state index is -0.748. The van der Waals surface area contributed by atoms with Gasteiger partial charge in [-0.2, -0.15) is 0 Å². The van der Waals surface area contributed by atoms with Crippen LogP contribution in [0.4, 0.5) is 10.5 Å². The number of hydrogen-bond acceptors (Lipinski definition) is 3. The van der Waals surface area contributed by atoms with Crippen LogP contribution < -0.4 is 10.6 Å². The maximum Gasteiger partial charge on any atom is 0.320 e. The summed E-state index contributed by atoms with van der Waals surface area (Å²) in [6.07, 6.45) is 5.72. The highest BCUT2D eigenvalue weighted by atomic mass is 16.2. The van der Waals surface area contributed by atoms with Gasteiger partial charge >= 0.3 is 6.03 Å². The van der Waals surface area contributed by atoms with Gasteiger partial charge in [-0.05, 0) is 55.2 Å². The van der Waals surface area contributed by atoms with Crippen molar-refractivity contribution in [2.75, 3.05) is 5.32 Å². The summed E-state index contributed by atoms with van der Waals surface area (Å²) in [6.45, 7) is 3.87. The zero-order valence-electron chi connectivity index (χ0n) is 19.0. The van der Waals surface area contributed by atoms with Gasteiger partial charge in [0.15, 0.2) is 0 Å². The van der Waals surface area contributed by atoms with Crippen molar-refractivity contribution in [1.29, 1.82) is 0 Å². The van der Waals surface area contributed by atoms with Crippen LogP contribution in [0.15, 0.2) is 60.7 Å². The van der Waals surface area contributed by atoms with E-state index in [0.717, 1.165) is 35.2 Å². The highest BCUT2D eigenvalue weighted by Gasteiger charge is 2.58. The highest BCUT2D eigenvalue weighted by molar-refractivity contribution is 6.06. The lowest BCUT2D eigenvalue weighted by atomic mass is 9.63. The monoisotopic (exact) mass is 443 g/mol. The zero-order valence-corrected chi connectivity index (χ0v) is 19.0. The van der Waals surface area contributed by atoms with E-state index < -0.39 is 12.2 Å². The molecule has 5 atom stereocenters. The number of urea groups is 1. The number of fused-ring (bicyclic) bond motifs is 1. The van der Waals surface area contributed by atoms with E-state index >= 15 is 0 Å². The van der Waals surface area contributed by atoms with Gasteiger partial charge in [0.25, 0.3) is 0 Å². The molecule has 6 nitrogen and oxygen atoms in total. The smallest absolute Gasteiger partial charge is 0.317 e. The molecule has 1 saturated carbocycles. The quantitative estimate of drug-likeness (QED) is 0.537. The summed E-state index contributed by atoms with van der Waals surface area (Å²) < 4.78 is 0. The molecule has 6 heteroatoms. The standard InChI is InChI=1S/C27H29N3O3/c1-16-7-6-8-17(2)24(16)29-27(33)28-21(15-18-9-4-3-5-10-18)30-25(31)22-19-11-12-20(14-13-19)23(22)26(30)32/h3-12,19-23H,13-15H2,1-2H3,(H2,28,29,33). The van der Waals surface area contributed by atoms with Crippen molar-refractivity contribution in [1.82, 2.24) is 10.2 Å². The Bertz CT molecular complexity index is 1070. The van der Waals surface area contributed by atoms with Crippen molar-refractivity contribution in [3.8, 4) is 0 Å². The number of hydrogen-bond donors (Lipinski definition) is 2. The van der Waals surface area contributed by atoms with Crippen LogP contribution in [0.2, 0.25) is 0 Å².